The number of anilines is 1. The summed E-state index contributed by atoms with van der Waals surface area (Å²) < 4.78 is 67.1. The number of fused-ring (bicyclic) bond motifs is 1. The Morgan fingerprint density at radius 2 is 1.85 bits per heavy atom. The molecule has 0 amide bonds. The summed E-state index contributed by atoms with van der Waals surface area (Å²) in [6, 6.07) is 0. The van der Waals surface area contributed by atoms with Crippen LogP contribution in [0.2, 0.25) is 0 Å². The van der Waals surface area contributed by atoms with Crippen LogP contribution in [-0.2, 0) is 31.6 Å². The molecule has 1 aliphatic heterocycles. The molecule has 6 atom stereocenters. The van der Waals surface area contributed by atoms with Crippen molar-refractivity contribution in [3.8, 4) is 0 Å². The van der Waals surface area contributed by atoms with E-state index in [1.165, 1.54) is 6.20 Å². The smallest absolute Gasteiger partial charge is 0.387 e. The van der Waals surface area contributed by atoms with Gasteiger partial charge in [0.2, 0.25) is 0 Å². The fraction of sp³-hybridized carbons (Fsp3) is 0.583. The van der Waals surface area contributed by atoms with Gasteiger partial charge in [-0.2, -0.15) is 13.7 Å². The number of aliphatic hydroxyl groups excluding tert-OH is 1. The van der Waals surface area contributed by atoms with Gasteiger partial charge in [-0.05, 0) is 6.92 Å². The zero-order valence-electron chi connectivity index (χ0n) is 15.8. The molecule has 3 heterocycles. The van der Waals surface area contributed by atoms with Crippen molar-refractivity contribution in [3.63, 3.8) is 0 Å². The summed E-state index contributed by atoms with van der Waals surface area (Å²) in [7, 11) is -16.8. The second-order valence-electron chi connectivity index (χ2n) is 6.60. The Morgan fingerprint density at radius 3 is 2.45 bits per heavy atom. The number of aliphatic hydroxyl groups is 1. The summed E-state index contributed by atoms with van der Waals surface area (Å²) in [5.74, 6) is -0.0189. The molecule has 0 bridgehead atoms. The third-order valence-corrected chi connectivity index (χ3v) is 8.00. The number of aromatic nitrogens is 4. The van der Waals surface area contributed by atoms with Gasteiger partial charge >= 0.3 is 23.5 Å². The number of halogens is 1. The minimum Gasteiger partial charge on any atom is -0.387 e. The number of nitrogens with two attached hydrogens (primary N) is 1. The monoisotopic (exact) mass is 539 g/mol. The zero-order valence-corrected chi connectivity index (χ0v) is 18.5. The molecule has 1 saturated heterocycles. The molecule has 2 aromatic heterocycles. The standard InChI is InChI=1S/C11H17FN5O12P3.CH4/c1-11(12)7(18)6(3-26-31(22,23)29-32(24,25)28-30(19,20)21)27-8(11)5-2-14-10-9(13)15-4-16-17(5)10;/h2,4,6-8,18H,3H2,1H3,(H,22,23)(H,24,25)(H2,13,15,16)(H2,19,20,21);1H4/t6-,7-,8+,11-;/m1./s1. The molecule has 1 aliphatic rings. The van der Waals surface area contributed by atoms with E-state index in [1.807, 2.05) is 0 Å². The third kappa shape index (κ3) is 6.19. The fourth-order valence-electron chi connectivity index (χ4n) is 2.89. The lowest BCUT2D eigenvalue weighted by Gasteiger charge is -2.23. The maximum Gasteiger partial charge on any atom is 0.490 e. The lowest BCUT2D eigenvalue weighted by molar-refractivity contribution is -0.0243. The topological polar surface area (TPSA) is 258 Å². The van der Waals surface area contributed by atoms with Gasteiger partial charge in [0.1, 0.15) is 24.6 Å². The van der Waals surface area contributed by atoms with E-state index in [9.17, 15) is 23.7 Å². The predicted octanol–water partition coefficient (Wildman–Crippen LogP) is 0.215. The number of phosphoric acid groups is 3. The minimum atomic E-state index is -5.74. The maximum absolute atomic E-state index is 15.3. The number of nitrogens with zero attached hydrogens (tertiary/aromatic N) is 4. The van der Waals surface area contributed by atoms with Crippen LogP contribution in [0, 0.1) is 0 Å². The van der Waals surface area contributed by atoms with Gasteiger partial charge in [-0.25, -0.2) is 32.6 Å². The van der Waals surface area contributed by atoms with Crippen molar-refractivity contribution in [2.45, 2.75) is 38.3 Å². The molecule has 0 radical (unpaired) electrons. The van der Waals surface area contributed by atoms with E-state index in [0.717, 1.165) is 17.8 Å². The SMILES string of the molecule is C.C[C@@]1(F)[C@H](O)[C@@H](COP(=O)(O)OP(=O)(O)OP(=O)(O)O)O[C@H]1c1cnc2c(N)ncnn12. The van der Waals surface area contributed by atoms with Crippen LogP contribution in [0.25, 0.3) is 5.65 Å². The van der Waals surface area contributed by atoms with Gasteiger partial charge in [0.05, 0.1) is 18.5 Å². The van der Waals surface area contributed by atoms with Gasteiger partial charge < -0.3 is 35.2 Å². The Labute approximate surface area is 184 Å². The van der Waals surface area contributed by atoms with Crippen LogP contribution in [0.15, 0.2) is 12.5 Å². The van der Waals surface area contributed by atoms with Crippen LogP contribution >= 0.6 is 23.5 Å². The number of phosphoric ester groups is 1. The Morgan fingerprint density at radius 1 is 1.21 bits per heavy atom. The summed E-state index contributed by atoms with van der Waals surface area (Å²) in [4.78, 5) is 43.3. The van der Waals surface area contributed by atoms with E-state index in [4.69, 9.17) is 25.2 Å². The summed E-state index contributed by atoms with van der Waals surface area (Å²) >= 11 is 0. The van der Waals surface area contributed by atoms with E-state index < -0.39 is 54.1 Å². The molecule has 1 fully saturated rings. The molecule has 2 unspecified atom stereocenters. The summed E-state index contributed by atoms with van der Waals surface area (Å²) in [6.07, 6.45) is -2.83. The normalized spacial score (nSPS) is 29.4. The molecule has 188 valence electrons. The average Bonchev–Trinajstić information content (AvgIpc) is 3.11. The molecular weight excluding hydrogens is 518 g/mol. The first-order valence-corrected chi connectivity index (χ1v) is 12.8. The molecule has 3 rings (SSSR count). The Bertz CT molecular complexity index is 1160. The van der Waals surface area contributed by atoms with Crippen LogP contribution in [0.3, 0.4) is 0 Å². The second kappa shape index (κ2) is 9.34. The van der Waals surface area contributed by atoms with E-state index in [1.54, 1.807) is 0 Å². The molecule has 21 heteroatoms. The van der Waals surface area contributed by atoms with Crippen molar-refractivity contribution < 1.29 is 60.6 Å². The first-order chi connectivity index (χ1) is 14.5. The molecule has 0 spiro atoms. The van der Waals surface area contributed by atoms with Crippen molar-refractivity contribution in [3.05, 3.63) is 18.2 Å². The van der Waals surface area contributed by atoms with E-state index in [0.29, 0.717) is 0 Å². The molecular formula is C12H21FN5O12P3. The van der Waals surface area contributed by atoms with Crippen molar-refractivity contribution in [2.24, 2.45) is 0 Å². The zero-order chi connectivity index (χ0) is 24.1. The van der Waals surface area contributed by atoms with Gasteiger partial charge in [0.25, 0.3) is 0 Å². The largest absolute Gasteiger partial charge is 0.490 e. The third-order valence-electron chi connectivity index (χ3n) is 4.20. The van der Waals surface area contributed by atoms with Gasteiger partial charge in [-0.15, -0.1) is 0 Å². The lowest BCUT2D eigenvalue weighted by Crippen LogP contribution is -2.39. The Hall–Kier alpha value is -1.39. The van der Waals surface area contributed by atoms with E-state index >= 15 is 4.39 Å². The second-order valence-corrected chi connectivity index (χ2v) is 11.0. The quantitative estimate of drug-likeness (QED) is 0.245. The van der Waals surface area contributed by atoms with Gasteiger partial charge in [0.15, 0.2) is 17.1 Å². The molecule has 2 aromatic rings. The highest BCUT2D eigenvalue weighted by molar-refractivity contribution is 7.66. The number of ether oxygens (including phenoxy) is 1. The van der Waals surface area contributed by atoms with Crippen molar-refractivity contribution in [1.82, 2.24) is 19.6 Å². The first-order valence-electron chi connectivity index (χ1n) is 8.27. The average molecular weight is 539 g/mol. The highest BCUT2D eigenvalue weighted by atomic mass is 31.3. The summed E-state index contributed by atoms with van der Waals surface area (Å²) in [5, 5.41) is 14.2. The van der Waals surface area contributed by atoms with Crippen LogP contribution in [0.4, 0.5) is 10.2 Å². The van der Waals surface area contributed by atoms with Crippen LogP contribution in [0.5, 0.6) is 0 Å². The van der Waals surface area contributed by atoms with Gasteiger partial charge in [0, 0.05) is 0 Å². The number of rotatable bonds is 8. The van der Waals surface area contributed by atoms with Crippen LogP contribution < -0.4 is 5.73 Å². The van der Waals surface area contributed by atoms with E-state index in [2.05, 4.69) is 28.2 Å². The van der Waals surface area contributed by atoms with Crippen molar-refractivity contribution in [2.75, 3.05) is 12.3 Å². The Kier molecular flexibility index (Phi) is 7.88. The number of alkyl halides is 1. The van der Waals surface area contributed by atoms with Crippen LogP contribution in [-0.4, -0.2) is 68.7 Å². The van der Waals surface area contributed by atoms with Crippen molar-refractivity contribution >= 4 is 34.9 Å². The molecule has 0 saturated carbocycles. The fourth-order valence-corrected chi connectivity index (χ4v) is 5.92. The summed E-state index contributed by atoms with van der Waals surface area (Å²) in [6.45, 7) is -0.0776. The molecule has 7 N–H and O–H groups in total. The first kappa shape index (κ1) is 27.9. The van der Waals surface area contributed by atoms with Gasteiger partial charge in [-0.3, -0.25) is 4.52 Å². The lowest BCUT2D eigenvalue weighted by atomic mass is 9.93. The molecule has 0 aliphatic carbocycles. The maximum atomic E-state index is 15.3. The van der Waals surface area contributed by atoms with Crippen molar-refractivity contribution in [1.29, 1.82) is 0 Å². The number of hydrogen-bond acceptors (Lipinski definition) is 12. The predicted molar refractivity (Wildman–Crippen MR) is 105 cm³/mol. The molecule has 0 aromatic carbocycles. The highest BCUT2D eigenvalue weighted by Gasteiger charge is 2.56. The Balaban J connectivity index is 0.00000385. The highest BCUT2D eigenvalue weighted by Crippen LogP contribution is 2.66. The number of hydrogen-bond donors (Lipinski definition) is 6. The molecule has 17 nitrogen and oxygen atoms in total. The van der Waals surface area contributed by atoms with E-state index in [-0.39, 0.29) is 24.6 Å². The number of imidazole rings is 1. The summed E-state index contributed by atoms with van der Waals surface area (Å²) in [5.41, 5.74) is 3.25. The van der Waals surface area contributed by atoms with Gasteiger partial charge in [-0.1, -0.05) is 7.43 Å². The minimum absolute atomic E-state index is 0. The number of nitrogen functional groups attached to an aromatic ring is 1. The molecule has 33 heavy (non-hydrogen) atoms. The van der Waals surface area contributed by atoms with Crippen LogP contribution in [0.1, 0.15) is 26.1 Å².